The van der Waals surface area contributed by atoms with Gasteiger partial charge in [-0.3, -0.25) is 24.1 Å². The fraction of sp³-hybridized carbons (Fsp3) is 0.273. The van der Waals surface area contributed by atoms with E-state index in [0.29, 0.717) is 29.8 Å². The van der Waals surface area contributed by atoms with Crippen LogP contribution in [0.15, 0.2) is 84.9 Å². The number of allylic oxidation sites excluding steroid dienone is 2. The van der Waals surface area contributed by atoms with Crippen molar-refractivity contribution in [2.24, 2.45) is 5.92 Å². The predicted octanol–water partition coefficient (Wildman–Crippen LogP) is 4.81. The molecule has 1 heterocycles. The van der Waals surface area contributed by atoms with Crippen molar-refractivity contribution in [3.05, 3.63) is 102 Å². The zero-order valence-corrected chi connectivity index (χ0v) is 23.6. The molecule has 2 aliphatic rings. The third kappa shape index (κ3) is 6.10. The molecule has 3 amide bonds. The minimum absolute atomic E-state index is 0.0224. The number of carbonyl (C=O) groups excluding carboxylic acids is 4. The van der Waals surface area contributed by atoms with E-state index in [-0.39, 0.29) is 23.9 Å². The number of rotatable bonds is 9. The molecule has 0 spiro atoms. The zero-order valence-electron chi connectivity index (χ0n) is 23.6. The molecule has 0 aromatic heterocycles. The summed E-state index contributed by atoms with van der Waals surface area (Å²) in [6.45, 7) is -0.388. The molecule has 9 heteroatoms. The summed E-state index contributed by atoms with van der Waals surface area (Å²) in [5.74, 6) is -2.90. The van der Waals surface area contributed by atoms with Crippen molar-refractivity contribution >= 4 is 40.6 Å². The van der Waals surface area contributed by atoms with E-state index in [4.69, 9.17) is 0 Å². The molecule has 0 unspecified atom stereocenters. The molecular formula is C33H33FN4O4. The number of anilines is 3. The second kappa shape index (κ2) is 12.4. The van der Waals surface area contributed by atoms with Gasteiger partial charge in [0.1, 0.15) is 18.4 Å². The number of fused-ring (bicyclic) bond motifs is 1. The first kappa shape index (κ1) is 28.7. The molecule has 3 aromatic carbocycles. The summed E-state index contributed by atoms with van der Waals surface area (Å²) in [4.78, 5) is 58.3. The average molecular weight is 569 g/mol. The number of carbonyl (C=O) groups is 4. The largest absolute Gasteiger partial charge is 0.378 e. The molecule has 0 radical (unpaired) electrons. The van der Waals surface area contributed by atoms with Crippen molar-refractivity contribution in [2.75, 3.05) is 35.8 Å². The number of nitrogens with zero attached hydrogens (tertiary/aromatic N) is 3. The van der Waals surface area contributed by atoms with Crippen molar-refractivity contribution in [3.8, 4) is 0 Å². The van der Waals surface area contributed by atoms with Crippen LogP contribution in [-0.4, -0.2) is 55.1 Å². The number of Topliss-reactive ketones (excluding diaryl/α,β-unsaturated/α-hetero) is 1. The zero-order chi connectivity index (χ0) is 29.8. The number of para-hydroxylation sites is 1. The molecule has 1 N–H and O–H groups in total. The number of hydrogen-bond acceptors (Lipinski definition) is 5. The first-order valence-electron chi connectivity index (χ1n) is 14.0. The molecule has 1 aliphatic carbocycles. The van der Waals surface area contributed by atoms with Gasteiger partial charge in [0.2, 0.25) is 11.8 Å². The lowest BCUT2D eigenvalue weighted by Crippen LogP contribution is -2.54. The molecule has 3 aromatic rings. The smallest absolute Gasteiger partial charge is 0.299 e. The van der Waals surface area contributed by atoms with Gasteiger partial charge < -0.3 is 15.1 Å². The molecule has 0 saturated carbocycles. The van der Waals surface area contributed by atoms with Crippen LogP contribution in [0.25, 0.3) is 0 Å². The summed E-state index contributed by atoms with van der Waals surface area (Å²) in [6.07, 6.45) is 6.11. The highest BCUT2D eigenvalue weighted by molar-refractivity contribution is 6.52. The molecule has 2 atom stereocenters. The minimum atomic E-state index is -0.885. The van der Waals surface area contributed by atoms with Crippen molar-refractivity contribution in [1.82, 2.24) is 4.90 Å². The van der Waals surface area contributed by atoms with Crippen LogP contribution in [0.2, 0.25) is 0 Å². The van der Waals surface area contributed by atoms with Crippen LogP contribution in [0, 0.1) is 11.7 Å². The summed E-state index contributed by atoms with van der Waals surface area (Å²) in [5, 5.41) is 2.99. The molecule has 0 saturated heterocycles. The Morgan fingerprint density at radius 3 is 2.36 bits per heavy atom. The van der Waals surface area contributed by atoms with Gasteiger partial charge in [0.15, 0.2) is 0 Å². The SMILES string of the molecule is CN(C)c1ccc(NC(=O)[C@@H]([C@@H]2CC=CCC2)N(Cc2ccc(F)cc2)C(=O)CN2C(=O)C(=O)c3ccccc32)cc1. The van der Waals surface area contributed by atoms with E-state index in [1.807, 2.05) is 49.3 Å². The van der Waals surface area contributed by atoms with Crippen LogP contribution < -0.4 is 15.1 Å². The molecule has 216 valence electrons. The Bertz CT molecular complexity index is 1520. The Hall–Kier alpha value is -4.79. The summed E-state index contributed by atoms with van der Waals surface area (Å²) < 4.78 is 13.7. The lowest BCUT2D eigenvalue weighted by atomic mass is 9.85. The van der Waals surface area contributed by atoms with Crippen LogP contribution in [0.1, 0.15) is 35.2 Å². The Morgan fingerprint density at radius 1 is 0.976 bits per heavy atom. The molecule has 0 bridgehead atoms. The van der Waals surface area contributed by atoms with E-state index in [1.165, 1.54) is 21.9 Å². The average Bonchev–Trinajstić information content (AvgIpc) is 3.23. The molecular weight excluding hydrogens is 535 g/mol. The highest BCUT2D eigenvalue weighted by Gasteiger charge is 2.41. The van der Waals surface area contributed by atoms with Gasteiger partial charge in [-0.1, -0.05) is 36.4 Å². The van der Waals surface area contributed by atoms with E-state index in [2.05, 4.69) is 11.4 Å². The van der Waals surface area contributed by atoms with E-state index in [9.17, 15) is 23.6 Å². The first-order valence-corrected chi connectivity index (χ1v) is 14.0. The minimum Gasteiger partial charge on any atom is -0.378 e. The van der Waals surface area contributed by atoms with Crippen LogP contribution >= 0.6 is 0 Å². The van der Waals surface area contributed by atoms with E-state index < -0.39 is 36.0 Å². The van der Waals surface area contributed by atoms with Crippen LogP contribution in [-0.2, 0) is 20.9 Å². The van der Waals surface area contributed by atoms with Gasteiger partial charge in [0.05, 0.1) is 11.3 Å². The summed E-state index contributed by atoms with van der Waals surface area (Å²) in [7, 11) is 3.85. The number of benzene rings is 3. The molecule has 8 nitrogen and oxygen atoms in total. The van der Waals surface area contributed by atoms with Crippen LogP contribution in [0.4, 0.5) is 21.5 Å². The molecule has 42 heavy (non-hydrogen) atoms. The summed E-state index contributed by atoms with van der Waals surface area (Å²) in [5.41, 5.74) is 2.80. The van der Waals surface area contributed by atoms with Gasteiger partial charge in [-0.2, -0.15) is 0 Å². The predicted molar refractivity (Wildman–Crippen MR) is 160 cm³/mol. The van der Waals surface area contributed by atoms with Crippen molar-refractivity contribution in [2.45, 2.75) is 31.8 Å². The second-order valence-corrected chi connectivity index (χ2v) is 10.8. The highest BCUT2D eigenvalue weighted by Crippen LogP contribution is 2.31. The third-order valence-electron chi connectivity index (χ3n) is 7.77. The van der Waals surface area contributed by atoms with Crippen LogP contribution in [0.3, 0.4) is 0 Å². The maximum atomic E-state index is 14.1. The van der Waals surface area contributed by atoms with Gasteiger partial charge >= 0.3 is 0 Å². The number of nitrogens with one attached hydrogen (secondary N) is 1. The van der Waals surface area contributed by atoms with Gasteiger partial charge in [-0.25, -0.2) is 4.39 Å². The molecule has 1 aliphatic heterocycles. The van der Waals surface area contributed by atoms with Gasteiger partial charge in [-0.15, -0.1) is 0 Å². The number of ketones is 1. The fourth-order valence-electron chi connectivity index (χ4n) is 5.53. The van der Waals surface area contributed by atoms with Crippen molar-refractivity contribution < 1.29 is 23.6 Å². The second-order valence-electron chi connectivity index (χ2n) is 10.8. The van der Waals surface area contributed by atoms with Crippen LogP contribution in [0.5, 0.6) is 0 Å². The van der Waals surface area contributed by atoms with E-state index >= 15 is 0 Å². The van der Waals surface area contributed by atoms with Crippen molar-refractivity contribution in [3.63, 3.8) is 0 Å². The normalized spacial score (nSPS) is 16.6. The molecule has 0 fully saturated rings. The first-order chi connectivity index (χ1) is 20.2. The number of amides is 3. The van der Waals surface area contributed by atoms with E-state index in [1.54, 1.807) is 36.4 Å². The fourth-order valence-corrected chi connectivity index (χ4v) is 5.53. The lowest BCUT2D eigenvalue weighted by molar-refractivity contribution is -0.140. The van der Waals surface area contributed by atoms with Gasteiger partial charge in [0, 0.05) is 32.0 Å². The monoisotopic (exact) mass is 568 g/mol. The lowest BCUT2D eigenvalue weighted by Gasteiger charge is -2.37. The Labute approximate surface area is 244 Å². The maximum absolute atomic E-state index is 14.1. The Morgan fingerprint density at radius 2 is 1.69 bits per heavy atom. The Kier molecular flexibility index (Phi) is 8.47. The van der Waals surface area contributed by atoms with Crippen molar-refractivity contribution in [1.29, 1.82) is 0 Å². The summed E-state index contributed by atoms with van der Waals surface area (Å²) in [6, 6.07) is 18.8. The van der Waals surface area contributed by atoms with Gasteiger partial charge in [-0.05, 0) is 79.3 Å². The third-order valence-corrected chi connectivity index (χ3v) is 7.77. The number of hydrogen-bond donors (Lipinski definition) is 1. The standard InChI is InChI=1S/C33H33FN4O4/c1-36(2)26-18-16-25(17-19-26)35-32(41)30(23-8-4-3-5-9-23)38(20-22-12-14-24(34)15-13-22)29(39)21-37-28-11-7-6-10-27(28)31(40)33(37)42/h3-4,6-7,10-19,23,30H,5,8-9,20-21H2,1-2H3,(H,35,41)/t23-,30-/m1/s1. The van der Waals surface area contributed by atoms with E-state index in [0.717, 1.165) is 12.1 Å². The number of halogens is 1. The Balaban J connectivity index is 1.49. The summed E-state index contributed by atoms with van der Waals surface area (Å²) >= 11 is 0. The maximum Gasteiger partial charge on any atom is 0.299 e. The van der Waals surface area contributed by atoms with Gasteiger partial charge in [0.25, 0.3) is 11.7 Å². The highest BCUT2D eigenvalue weighted by atomic mass is 19.1. The molecule has 5 rings (SSSR count). The topological polar surface area (TPSA) is 90.0 Å². The quantitative estimate of drug-likeness (QED) is 0.296.